The molecule has 44 heavy (non-hydrogen) atoms. The lowest BCUT2D eigenvalue weighted by Gasteiger charge is -2.48. The third-order valence-electron chi connectivity index (χ3n) is 10.3. The molecule has 11 heteroatoms. The molecule has 254 valence electrons. The van der Waals surface area contributed by atoms with Crippen molar-refractivity contribution in [2.75, 3.05) is 28.3 Å². The van der Waals surface area contributed by atoms with Crippen LogP contribution in [0.5, 0.6) is 0 Å². The van der Waals surface area contributed by atoms with Gasteiger partial charge in [-0.15, -0.1) is 0 Å². The van der Waals surface area contributed by atoms with Crippen LogP contribution in [0.2, 0.25) is 0 Å². The van der Waals surface area contributed by atoms with Crippen molar-refractivity contribution in [2.24, 2.45) is 29.1 Å². The maximum atomic E-state index is 14.0. The molecule has 3 rings (SSSR count). The summed E-state index contributed by atoms with van der Waals surface area (Å²) in [6.07, 6.45) is -3.25. The van der Waals surface area contributed by atoms with Crippen molar-refractivity contribution in [3.8, 4) is 0 Å². The molecular weight excluding hydrogens is 570 g/mol. The number of hydrogen-bond acceptors (Lipinski definition) is 11. The molecule has 11 nitrogen and oxygen atoms in total. The second-order valence-electron chi connectivity index (χ2n) is 14.4. The quantitative estimate of drug-likeness (QED) is 0.384. The van der Waals surface area contributed by atoms with Gasteiger partial charge in [0, 0.05) is 32.1 Å². The highest BCUT2D eigenvalue weighted by molar-refractivity contribution is 5.84. The monoisotopic (exact) mass is 627 g/mol. The number of nitrogens with zero attached hydrogens (tertiary/aromatic N) is 1. The first kappa shape index (κ1) is 36.7. The second-order valence-corrected chi connectivity index (χ2v) is 14.4. The number of ether oxygens (including phenoxy) is 7. The van der Waals surface area contributed by atoms with Crippen LogP contribution in [-0.4, -0.2) is 106 Å². The average Bonchev–Trinajstić information content (AvgIpc) is 3.26. The van der Waals surface area contributed by atoms with Crippen LogP contribution in [0.4, 0.5) is 4.79 Å². The number of hydrogen-bond donors (Lipinski definition) is 0. The number of carbonyl (C=O) groups excluding carboxylic acids is 3. The van der Waals surface area contributed by atoms with E-state index in [2.05, 4.69) is 18.7 Å². The Kier molecular flexibility index (Phi) is 11.9. The molecule has 3 heterocycles. The summed E-state index contributed by atoms with van der Waals surface area (Å²) < 4.78 is 42.6. The first-order chi connectivity index (χ1) is 20.4. The summed E-state index contributed by atoms with van der Waals surface area (Å²) in [4.78, 5) is 42.3. The molecule has 0 radical (unpaired) electrons. The third kappa shape index (κ3) is 7.27. The van der Waals surface area contributed by atoms with Gasteiger partial charge in [0.05, 0.1) is 30.1 Å². The Morgan fingerprint density at radius 3 is 2.07 bits per heavy atom. The predicted molar refractivity (Wildman–Crippen MR) is 163 cm³/mol. The normalized spacial score (nSPS) is 43.9. The van der Waals surface area contributed by atoms with E-state index in [1.165, 1.54) is 0 Å². The molecule has 0 bridgehead atoms. The van der Waals surface area contributed by atoms with Gasteiger partial charge in [0.2, 0.25) is 0 Å². The minimum absolute atomic E-state index is 0.0655. The number of Topliss-reactive ketones (excluding diaryl/α,β-unsaturated/α-hetero) is 1. The van der Waals surface area contributed by atoms with E-state index in [4.69, 9.17) is 33.2 Å². The number of carbonyl (C=O) groups is 3. The highest BCUT2D eigenvalue weighted by atomic mass is 16.8. The van der Waals surface area contributed by atoms with Crippen LogP contribution < -0.4 is 0 Å². The molecular formula is C33H57NO10. The van der Waals surface area contributed by atoms with Gasteiger partial charge in [-0.1, -0.05) is 41.5 Å². The van der Waals surface area contributed by atoms with Crippen molar-refractivity contribution in [1.29, 1.82) is 0 Å². The van der Waals surface area contributed by atoms with Gasteiger partial charge in [0.25, 0.3) is 0 Å². The molecule has 3 aliphatic rings. The summed E-state index contributed by atoms with van der Waals surface area (Å²) in [5.74, 6) is -2.69. The van der Waals surface area contributed by atoms with E-state index in [1.54, 1.807) is 35.0 Å². The molecule has 0 aliphatic carbocycles. The summed E-state index contributed by atoms with van der Waals surface area (Å²) >= 11 is 0. The molecule has 3 aliphatic heterocycles. The number of likely N-dealkylation sites (N-methyl/N-ethyl adjacent to an activating group) is 1. The summed E-state index contributed by atoms with van der Waals surface area (Å²) in [6.45, 7) is 17.1. The zero-order valence-electron chi connectivity index (χ0n) is 29.1. The van der Waals surface area contributed by atoms with Crippen molar-refractivity contribution < 1.29 is 47.5 Å². The molecule has 0 spiro atoms. The van der Waals surface area contributed by atoms with Crippen LogP contribution in [0.25, 0.3) is 0 Å². The van der Waals surface area contributed by atoms with Crippen molar-refractivity contribution in [1.82, 2.24) is 4.90 Å². The molecule has 0 aromatic rings. The molecule has 12 unspecified atom stereocenters. The minimum atomic E-state index is -1.33. The summed E-state index contributed by atoms with van der Waals surface area (Å²) in [5, 5.41) is 0. The minimum Gasteiger partial charge on any atom is -0.458 e. The number of rotatable bonds is 6. The van der Waals surface area contributed by atoms with Gasteiger partial charge in [0.15, 0.2) is 18.0 Å². The van der Waals surface area contributed by atoms with Crippen LogP contribution >= 0.6 is 0 Å². The Bertz CT molecular complexity index is 1020. The Morgan fingerprint density at radius 1 is 0.909 bits per heavy atom. The predicted octanol–water partition coefficient (Wildman–Crippen LogP) is 4.63. The van der Waals surface area contributed by atoms with Gasteiger partial charge < -0.3 is 38.1 Å². The topological polar surface area (TPSA) is 119 Å². The second kappa shape index (κ2) is 14.3. The first-order valence-corrected chi connectivity index (χ1v) is 16.1. The van der Waals surface area contributed by atoms with Crippen LogP contribution in [0, 0.1) is 29.1 Å². The fraction of sp³-hybridized carbons (Fsp3) is 0.909. The van der Waals surface area contributed by atoms with Gasteiger partial charge in [-0.05, 0) is 59.5 Å². The largest absolute Gasteiger partial charge is 0.509 e. The molecule has 3 saturated heterocycles. The molecule has 0 amide bonds. The Balaban J connectivity index is 2.09. The van der Waals surface area contributed by atoms with Crippen LogP contribution in [0.1, 0.15) is 81.6 Å². The summed E-state index contributed by atoms with van der Waals surface area (Å²) in [5.41, 5.74) is -1.92. The number of ketones is 1. The fourth-order valence-corrected chi connectivity index (χ4v) is 8.03. The van der Waals surface area contributed by atoms with Gasteiger partial charge in [-0.2, -0.15) is 0 Å². The van der Waals surface area contributed by atoms with Gasteiger partial charge in [-0.25, -0.2) is 4.79 Å². The van der Waals surface area contributed by atoms with E-state index in [0.717, 1.165) is 6.42 Å². The molecule has 3 fully saturated rings. The van der Waals surface area contributed by atoms with E-state index in [0.29, 0.717) is 12.8 Å². The number of methoxy groups -OCH3 is 2. The molecule has 13 atom stereocenters. The maximum absolute atomic E-state index is 14.0. The van der Waals surface area contributed by atoms with Crippen LogP contribution in [0.15, 0.2) is 0 Å². The highest BCUT2D eigenvalue weighted by Gasteiger charge is 2.58. The van der Waals surface area contributed by atoms with Crippen molar-refractivity contribution in [2.45, 2.75) is 136 Å². The van der Waals surface area contributed by atoms with Gasteiger partial charge >= 0.3 is 12.1 Å². The van der Waals surface area contributed by atoms with Crippen molar-refractivity contribution in [3.05, 3.63) is 0 Å². The van der Waals surface area contributed by atoms with E-state index < -0.39 is 71.6 Å². The lowest BCUT2D eigenvalue weighted by atomic mass is 9.69. The Labute approximate surface area is 263 Å². The average molecular weight is 628 g/mol. The Morgan fingerprint density at radius 2 is 1.52 bits per heavy atom. The summed E-state index contributed by atoms with van der Waals surface area (Å²) in [7, 11) is 7.27. The highest BCUT2D eigenvalue weighted by Crippen LogP contribution is 2.44. The van der Waals surface area contributed by atoms with Crippen LogP contribution in [-0.2, 0) is 42.7 Å². The van der Waals surface area contributed by atoms with Crippen molar-refractivity contribution in [3.63, 3.8) is 0 Å². The van der Waals surface area contributed by atoms with E-state index in [9.17, 15) is 14.4 Å². The van der Waals surface area contributed by atoms with E-state index >= 15 is 0 Å². The Hall–Kier alpha value is -1.79. The molecule has 0 N–H and O–H groups in total. The first-order valence-electron chi connectivity index (χ1n) is 16.1. The smallest absolute Gasteiger partial charge is 0.458 e. The van der Waals surface area contributed by atoms with E-state index in [1.807, 2.05) is 41.8 Å². The summed E-state index contributed by atoms with van der Waals surface area (Å²) in [6, 6.07) is 0.0655. The number of cyclic esters (lactones) is 1. The molecule has 0 aromatic carbocycles. The van der Waals surface area contributed by atoms with E-state index in [-0.39, 0.29) is 30.0 Å². The lowest BCUT2D eigenvalue weighted by Crippen LogP contribution is -2.58. The zero-order chi connectivity index (χ0) is 33.3. The number of fused-ring (bicyclic) bond motifs is 1. The molecule has 0 saturated carbocycles. The number of esters is 1. The van der Waals surface area contributed by atoms with Crippen molar-refractivity contribution >= 4 is 17.9 Å². The third-order valence-corrected chi connectivity index (χ3v) is 10.3. The lowest BCUT2D eigenvalue weighted by molar-refractivity contribution is -0.295. The van der Waals surface area contributed by atoms with Gasteiger partial charge in [0.1, 0.15) is 18.0 Å². The van der Waals surface area contributed by atoms with Crippen LogP contribution in [0.3, 0.4) is 0 Å². The maximum Gasteiger partial charge on any atom is 0.509 e. The zero-order valence-corrected chi connectivity index (χ0v) is 29.1. The fourth-order valence-electron chi connectivity index (χ4n) is 8.03. The molecule has 0 aromatic heterocycles. The van der Waals surface area contributed by atoms with Gasteiger partial charge in [-0.3, -0.25) is 9.59 Å². The SMILES string of the molecule is CC[C@H]1OC(=O)C(C)C(OC)C(C)C(OC2OC(C)CC(N(C)C)C2OC)C(C)(C)CC(C)C(=O)C(C)C2OC(=O)OC21C. The standard InChI is InChI=1S/C33H57NO10/c1-14-23-33(9)28(43-31(37)44-33)19(4)24(35)17(2)16-32(7,8)27(20(5)25(38-12)21(6)29(36)41-23)42-30-26(39-13)22(34(10)11)15-18(3)40-30/h17-23,25-28,30H,14-16H2,1-13H3/t17?,18?,19?,20?,21?,22?,23-,25?,26?,27?,28?,30?,33?/m1/s1.